The van der Waals surface area contributed by atoms with Gasteiger partial charge in [0.2, 0.25) is 9.84 Å². The highest BCUT2D eigenvalue weighted by atomic mass is 32.2. The first-order valence-corrected chi connectivity index (χ1v) is 45.6. The number of likely N-dealkylation sites (tertiary alicyclic amines) is 1. The van der Waals surface area contributed by atoms with Crippen LogP contribution in [0.4, 0.5) is 0 Å². The van der Waals surface area contributed by atoms with Gasteiger partial charge >= 0.3 is 0 Å². The average Bonchev–Trinajstić information content (AvgIpc) is 1.07. The lowest BCUT2D eigenvalue weighted by Gasteiger charge is -2.38. The predicted molar refractivity (Wildman–Crippen MR) is 497 cm³/mol. The van der Waals surface area contributed by atoms with E-state index in [0.29, 0.717) is 82.3 Å². The number of nitrogens with one attached hydrogen (secondary N) is 7. The first-order valence-electron chi connectivity index (χ1n) is 44.1. The summed E-state index contributed by atoms with van der Waals surface area (Å²) in [5.41, 5.74) is 8.34. The Morgan fingerprint density at radius 2 is 0.870 bits per heavy atom. The van der Waals surface area contributed by atoms with Crippen LogP contribution in [0, 0.1) is 0 Å². The molecule has 0 amide bonds. The molecule has 10 rings (SSSR count). The van der Waals surface area contributed by atoms with Gasteiger partial charge in [-0.05, 0) is 207 Å². The van der Waals surface area contributed by atoms with E-state index in [1.807, 2.05) is 32.3 Å². The molecule has 2 heterocycles. The summed E-state index contributed by atoms with van der Waals surface area (Å²) in [7, 11) is 20.1. The van der Waals surface area contributed by atoms with E-state index in [-0.39, 0.29) is 17.6 Å². The molecule has 17 heteroatoms. The molecule has 0 bridgehead atoms. The number of nitrogens with zero attached hydrogens (tertiary/aromatic N) is 7. The van der Waals surface area contributed by atoms with Crippen molar-refractivity contribution in [2.75, 3.05) is 123 Å². The molecule has 0 radical (unpaired) electrons. The van der Waals surface area contributed by atoms with Crippen molar-refractivity contribution in [3.8, 4) is 0 Å². The molecule has 4 aliphatic rings. The van der Waals surface area contributed by atoms with Gasteiger partial charge in [0.25, 0.3) is 0 Å². The average molecular weight is 1610 g/mol. The van der Waals surface area contributed by atoms with Crippen LogP contribution in [0.1, 0.15) is 233 Å². The van der Waals surface area contributed by atoms with Crippen LogP contribution < -0.4 is 37.2 Å². The van der Waals surface area contributed by atoms with Gasteiger partial charge < -0.3 is 56.8 Å². The fourth-order valence-corrected chi connectivity index (χ4v) is 17.5. The number of hydrogen-bond donors (Lipinski definition) is 7. The minimum Gasteiger partial charge on any atom is -0.313 e. The second-order valence-corrected chi connectivity index (χ2v) is 38.1. The van der Waals surface area contributed by atoms with Crippen molar-refractivity contribution in [2.45, 2.75) is 293 Å². The highest BCUT2D eigenvalue weighted by molar-refractivity contribution is 7.91. The zero-order valence-corrected chi connectivity index (χ0v) is 78.3. The van der Waals surface area contributed by atoms with Crippen LogP contribution >= 0.6 is 0 Å². The molecule has 16 nitrogen and oxygen atoms in total. The van der Waals surface area contributed by atoms with E-state index < -0.39 is 9.84 Å². The maximum Gasteiger partial charge on any atom is 0.206 e. The minimum absolute atomic E-state index is 0.0472. The van der Waals surface area contributed by atoms with Gasteiger partial charge in [-0.3, -0.25) is 14.7 Å². The van der Waals surface area contributed by atoms with E-state index in [2.05, 4.69) is 361 Å². The third kappa shape index (κ3) is 37.1. The van der Waals surface area contributed by atoms with Gasteiger partial charge in [0.1, 0.15) is 0 Å². The topological polar surface area (TPSA) is 141 Å². The Balaban J connectivity index is 0.000000286. The third-order valence-corrected chi connectivity index (χ3v) is 24.5. The van der Waals surface area contributed by atoms with E-state index in [1.165, 1.54) is 118 Å². The van der Waals surface area contributed by atoms with Crippen LogP contribution in [0.5, 0.6) is 0 Å². The fraction of sp³-hybridized carbons (Fsp3) is 0.633. The molecule has 10 atom stereocenters. The van der Waals surface area contributed by atoms with E-state index >= 15 is 0 Å². The Morgan fingerprint density at radius 1 is 0.435 bits per heavy atom. The Hall–Kier alpha value is -5.29. The van der Waals surface area contributed by atoms with Crippen LogP contribution in [0.25, 0.3) is 0 Å². The molecule has 115 heavy (non-hydrogen) atoms. The van der Waals surface area contributed by atoms with Crippen molar-refractivity contribution >= 4 is 9.84 Å². The number of likely N-dealkylation sites (N-methyl/N-ethyl adjacent to an activating group) is 6. The second-order valence-electron chi connectivity index (χ2n) is 36.2. The molecule has 0 aromatic heterocycles. The number of hydrogen-bond acceptors (Lipinski definition) is 16. The Bertz CT molecular complexity index is 3500. The molecule has 4 unspecified atom stereocenters. The van der Waals surface area contributed by atoms with Crippen LogP contribution in [0.3, 0.4) is 0 Å². The molecule has 2 aliphatic carbocycles. The zero-order valence-electron chi connectivity index (χ0n) is 77.5. The largest absolute Gasteiger partial charge is 0.313 e. The maximum absolute atomic E-state index is 12.7. The zero-order chi connectivity index (χ0) is 85.4. The molecule has 2 aliphatic heterocycles. The monoisotopic (exact) mass is 1610 g/mol. The lowest BCUT2D eigenvalue weighted by atomic mass is 9.89. The highest BCUT2D eigenvalue weighted by Gasteiger charge is 2.32. The van der Waals surface area contributed by atoms with Crippen LogP contribution in [-0.4, -0.2) is 239 Å². The summed E-state index contributed by atoms with van der Waals surface area (Å²) in [6.45, 7) is 42.9. The van der Waals surface area contributed by atoms with Gasteiger partial charge in [-0.15, -0.1) is 0 Å². The van der Waals surface area contributed by atoms with Gasteiger partial charge in [-0.1, -0.05) is 268 Å². The molecule has 0 spiro atoms. The molecular formula is C98H168N14O2S. The Kier molecular flexibility index (Phi) is 48.0. The van der Waals surface area contributed by atoms with Gasteiger partial charge in [0.05, 0.1) is 15.3 Å². The lowest BCUT2D eigenvalue weighted by Crippen LogP contribution is -2.51. The highest BCUT2D eigenvalue weighted by Crippen LogP contribution is 2.32. The molecule has 648 valence electrons. The molecule has 3 fully saturated rings. The fourth-order valence-electron chi connectivity index (χ4n) is 16.2. The summed E-state index contributed by atoms with van der Waals surface area (Å²) >= 11 is 0. The first-order chi connectivity index (χ1) is 54.5. The summed E-state index contributed by atoms with van der Waals surface area (Å²) in [5, 5.41) is 25.0. The van der Waals surface area contributed by atoms with Crippen molar-refractivity contribution in [3.05, 3.63) is 203 Å². The van der Waals surface area contributed by atoms with Crippen molar-refractivity contribution in [1.82, 2.24) is 71.5 Å². The lowest BCUT2D eigenvalue weighted by molar-refractivity contribution is 0.165. The quantitative estimate of drug-likeness (QED) is 0.0222. The van der Waals surface area contributed by atoms with Gasteiger partial charge in [0.15, 0.2) is 0 Å². The van der Waals surface area contributed by atoms with E-state index in [0.717, 1.165) is 43.8 Å². The molecule has 7 N–H and O–H groups in total. The van der Waals surface area contributed by atoms with Crippen molar-refractivity contribution in [3.63, 3.8) is 0 Å². The second kappa shape index (κ2) is 54.1. The van der Waals surface area contributed by atoms with Gasteiger partial charge in [-0.25, -0.2) is 8.42 Å². The van der Waals surface area contributed by atoms with Gasteiger partial charge in [0, 0.05) is 129 Å². The van der Waals surface area contributed by atoms with Crippen LogP contribution in [-0.2, 0) is 21.8 Å². The van der Waals surface area contributed by atoms with Crippen LogP contribution in [0.15, 0.2) is 180 Å². The molecule has 6 aromatic rings. The number of fused-ring (bicyclic) bond motifs is 1. The summed E-state index contributed by atoms with van der Waals surface area (Å²) < 4.78 is 25.4. The minimum atomic E-state index is -3.47. The van der Waals surface area contributed by atoms with Crippen LogP contribution in [0.2, 0.25) is 0 Å². The maximum atomic E-state index is 12.7. The van der Waals surface area contributed by atoms with Crippen molar-refractivity contribution in [2.24, 2.45) is 0 Å². The number of sulfone groups is 1. The third-order valence-electron chi connectivity index (χ3n) is 22.7. The molecule has 2 saturated carbocycles. The molecular weight excluding hydrogens is 1440 g/mol. The summed E-state index contributed by atoms with van der Waals surface area (Å²) in [4.78, 5) is 17.1. The normalized spacial score (nSPS) is 19.6. The summed E-state index contributed by atoms with van der Waals surface area (Å²) in [6, 6.07) is 65.5. The molecule has 1 saturated heterocycles. The molecule has 6 aromatic carbocycles. The Morgan fingerprint density at radius 3 is 1.31 bits per heavy atom. The number of rotatable bonds is 31. The Labute approximate surface area is 705 Å². The smallest absolute Gasteiger partial charge is 0.206 e. The summed E-state index contributed by atoms with van der Waals surface area (Å²) in [6.07, 6.45) is 14.9. The summed E-state index contributed by atoms with van der Waals surface area (Å²) in [5.74, 6) is 0. The number of benzene rings is 6. The standard InChI is InChI=1S/C20H28N2O2S.C15H24N2.C14H22N2.C14H24N2.C13H22N2.2C11H24N2/c1-15(2)21-16(3)20(22(4)5)17-11-13-19(14-12-17)25(23,24)18-9-7-6-8-10-18;1-13(2)16-12-15(17-10-6-7-11-17)14-8-4-3-5-9-14;1-11(2)15-10-14-13-7-5-4-6-12(13)8-9-16(14)3;1-12(2)15-11-14(3,16(4)5)13-9-7-6-8-10-13;1-11(2)14-10-13(15(3)4)12-8-6-5-7-9-12;2*1-9(2)12-10-7-5-6-8-11(10)13(3)4/h6-16,20-21H,1-5H3;3-5,8-9,13,15-16H,6-7,10-12H2,1-2H3;4-7,11,14-15H,8-10H2,1-3H3;6-10,12,15H,11H2,1-5H3;5-9,11,13-14H,10H2,1-4H3;2*9-12H,5-8H2,1-4H3/t16-,20+;;;;;10-,11+;10-,11-/m1....11/s1. The SMILES string of the molecule is CC(C)NCC(C)(c1ccccc1)N(C)C.CC(C)NCC(c1ccccc1)N(C)C.CC(C)NCC(c1ccccc1)N1CCCC1.CC(C)NCC1c2ccccc2CCN1C.CC(C)N[C@@H]1CCCC[C@@H]1N(C)C.CC(C)N[C@@H]1CCCC[C@H]1N(C)C.CC(C)N[C@H](C)[C@@H](c1ccc(S(=O)(=O)c2ccccc2)cc1)N(C)C. The van der Waals surface area contributed by atoms with E-state index in [4.69, 9.17) is 0 Å². The first kappa shape index (κ1) is 102. The van der Waals surface area contributed by atoms with Crippen molar-refractivity contribution < 1.29 is 8.42 Å². The predicted octanol–water partition coefficient (Wildman–Crippen LogP) is 17.0. The van der Waals surface area contributed by atoms with Gasteiger partial charge in [-0.2, -0.15) is 0 Å². The van der Waals surface area contributed by atoms with E-state index in [9.17, 15) is 8.42 Å². The van der Waals surface area contributed by atoms with Crippen molar-refractivity contribution in [1.29, 1.82) is 0 Å². The van der Waals surface area contributed by atoms with E-state index in [1.54, 1.807) is 36.4 Å².